The Morgan fingerprint density at radius 3 is 2.80 bits per heavy atom. The topological polar surface area (TPSA) is 33.3 Å². The maximum Gasteiger partial charge on any atom is 0.253 e. The summed E-state index contributed by atoms with van der Waals surface area (Å²) in [4.78, 5) is 0. The van der Waals surface area contributed by atoms with E-state index in [-0.39, 0.29) is 5.75 Å². The fraction of sp³-hybridized carbons (Fsp3) is 0.706. The van der Waals surface area contributed by atoms with Crippen molar-refractivity contribution in [3.63, 3.8) is 0 Å². The normalized spacial score (nSPS) is 26.9. The first-order valence-corrected chi connectivity index (χ1v) is 7.78. The molecule has 0 aromatic carbocycles. The first kappa shape index (κ1) is 15.3. The molecule has 0 amide bonds. The van der Waals surface area contributed by atoms with E-state index in [0.29, 0.717) is 24.7 Å². The quantitative estimate of drug-likeness (QED) is 0.856. The summed E-state index contributed by atoms with van der Waals surface area (Å²) in [5, 5.41) is 9.58. The Kier molecular flexibility index (Phi) is 5.03. The van der Waals surface area contributed by atoms with Crippen LogP contribution in [-0.4, -0.2) is 11.2 Å². The van der Waals surface area contributed by atoms with Gasteiger partial charge in [0.25, 0.3) is 6.73 Å². The molecule has 20 heavy (non-hydrogen) atoms. The maximum absolute atomic E-state index is 9.58. The Bertz CT molecular complexity index is 445. The lowest BCUT2D eigenvalue weighted by Gasteiger charge is -2.36. The fourth-order valence-electron chi connectivity index (χ4n) is 3.23. The minimum Gasteiger partial charge on any atom is -0.503 e. The van der Waals surface area contributed by atoms with Crippen LogP contribution in [0.4, 0.5) is 0 Å². The van der Waals surface area contributed by atoms with E-state index in [1.54, 1.807) is 12.3 Å². The number of nitrogens with zero attached hydrogens (tertiary/aromatic N) is 1. The van der Waals surface area contributed by atoms with Gasteiger partial charge in [-0.25, -0.2) is 0 Å². The summed E-state index contributed by atoms with van der Waals surface area (Å²) >= 11 is 0. The second kappa shape index (κ2) is 6.57. The molecule has 0 saturated heterocycles. The molecule has 1 heterocycles. The van der Waals surface area contributed by atoms with Crippen LogP contribution in [0.2, 0.25) is 0 Å². The average molecular weight is 278 g/mol. The number of aryl methyl sites for hydroxylation is 1. The smallest absolute Gasteiger partial charge is 0.253 e. The third-order valence-corrected chi connectivity index (χ3v) is 4.63. The average Bonchev–Trinajstić information content (AvgIpc) is 2.39. The van der Waals surface area contributed by atoms with E-state index in [2.05, 4.69) is 20.8 Å². The van der Waals surface area contributed by atoms with E-state index in [1.807, 2.05) is 17.6 Å². The second-order valence-corrected chi connectivity index (χ2v) is 6.66. The molecule has 0 bridgehead atoms. The number of rotatable bonds is 4. The third kappa shape index (κ3) is 3.72. The van der Waals surface area contributed by atoms with Gasteiger partial charge in [0.15, 0.2) is 11.4 Å². The van der Waals surface area contributed by atoms with Crippen LogP contribution in [-0.2, 0) is 11.5 Å². The zero-order chi connectivity index (χ0) is 14.7. The van der Waals surface area contributed by atoms with Crippen molar-refractivity contribution in [2.75, 3.05) is 0 Å². The summed E-state index contributed by atoms with van der Waals surface area (Å²) in [6, 6.07) is 3.63. The van der Waals surface area contributed by atoms with Gasteiger partial charge >= 0.3 is 0 Å². The highest BCUT2D eigenvalue weighted by molar-refractivity contribution is 5.12. The van der Waals surface area contributed by atoms with Crippen LogP contribution in [0.3, 0.4) is 0 Å². The standard InChI is InChI=1S/C17H27NO2/c1-12(2)16-8-5-13(3)9-17(16)20-11-18-10-15(19)7-6-14(18)4/h6-7,10,12-13,16-17H,5,8-9,11H2,1-4H3/p+1/t13-,16+,17-/m1/s1. The lowest BCUT2D eigenvalue weighted by Crippen LogP contribution is -2.42. The van der Waals surface area contributed by atoms with E-state index in [9.17, 15) is 5.11 Å². The summed E-state index contributed by atoms with van der Waals surface area (Å²) in [7, 11) is 0. The van der Waals surface area contributed by atoms with E-state index >= 15 is 0 Å². The molecule has 0 unspecified atom stereocenters. The van der Waals surface area contributed by atoms with Crippen molar-refractivity contribution < 1.29 is 14.4 Å². The van der Waals surface area contributed by atoms with Crippen LogP contribution in [0.15, 0.2) is 18.3 Å². The predicted octanol–water partition coefficient (Wildman–Crippen LogP) is 3.42. The minimum atomic E-state index is 0.289. The van der Waals surface area contributed by atoms with Crippen molar-refractivity contribution in [1.82, 2.24) is 0 Å². The molecule has 1 saturated carbocycles. The third-order valence-electron chi connectivity index (χ3n) is 4.63. The number of hydrogen-bond donors (Lipinski definition) is 1. The number of aromatic nitrogens is 1. The van der Waals surface area contributed by atoms with Gasteiger partial charge in [-0.2, -0.15) is 4.57 Å². The van der Waals surface area contributed by atoms with E-state index in [0.717, 1.165) is 18.0 Å². The summed E-state index contributed by atoms with van der Waals surface area (Å²) in [5.41, 5.74) is 1.10. The number of hydrogen-bond acceptors (Lipinski definition) is 2. The van der Waals surface area contributed by atoms with Crippen molar-refractivity contribution >= 4 is 0 Å². The molecule has 3 nitrogen and oxygen atoms in total. The summed E-state index contributed by atoms with van der Waals surface area (Å²) in [6.07, 6.45) is 5.83. The highest BCUT2D eigenvalue weighted by atomic mass is 16.5. The lowest BCUT2D eigenvalue weighted by molar-refractivity contribution is -0.741. The van der Waals surface area contributed by atoms with Crippen LogP contribution in [0.5, 0.6) is 5.75 Å². The van der Waals surface area contributed by atoms with Crippen molar-refractivity contribution in [1.29, 1.82) is 0 Å². The van der Waals surface area contributed by atoms with Gasteiger partial charge in [-0.15, -0.1) is 0 Å². The van der Waals surface area contributed by atoms with Crippen LogP contribution >= 0.6 is 0 Å². The molecule has 1 aliphatic rings. The van der Waals surface area contributed by atoms with E-state index in [1.165, 1.54) is 12.8 Å². The fourth-order valence-corrected chi connectivity index (χ4v) is 3.23. The zero-order valence-electron chi connectivity index (χ0n) is 13.2. The molecule has 1 N–H and O–H groups in total. The van der Waals surface area contributed by atoms with Gasteiger partial charge in [0.1, 0.15) is 0 Å². The van der Waals surface area contributed by atoms with Crippen LogP contribution in [0.1, 0.15) is 45.7 Å². The minimum absolute atomic E-state index is 0.289. The maximum atomic E-state index is 9.58. The molecule has 112 valence electrons. The Morgan fingerprint density at radius 2 is 2.10 bits per heavy atom. The number of ether oxygens (including phenoxy) is 1. The van der Waals surface area contributed by atoms with Crippen molar-refractivity contribution in [3.05, 3.63) is 24.0 Å². The SMILES string of the molecule is Cc1ccc(O)c[n+]1CO[C@@H]1C[C@H](C)CC[C@H]1C(C)C. The molecule has 3 atom stereocenters. The van der Waals surface area contributed by atoms with Gasteiger partial charge in [-0.1, -0.05) is 27.2 Å². The Hall–Kier alpha value is -1.09. The van der Waals surface area contributed by atoms with Gasteiger partial charge in [0, 0.05) is 13.0 Å². The molecule has 0 aliphatic heterocycles. The summed E-state index contributed by atoms with van der Waals surface area (Å²) < 4.78 is 8.18. The number of aromatic hydroxyl groups is 1. The van der Waals surface area contributed by atoms with Crippen LogP contribution in [0.25, 0.3) is 0 Å². The molecule has 2 rings (SSSR count). The summed E-state index contributed by atoms with van der Waals surface area (Å²) in [5.74, 6) is 2.37. The molecule has 1 aliphatic carbocycles. The molecule has 1 aromatic heterocycles. The molecular weight excluding hydrogens is 250 g/mol. The van der Waals surface area contributed by atoms with Gasteiger partial charge < -0.3 is 9.84 Å². The lowest BCUT2D eigenvalue weighted by atomic mass is 9.75. The Morgan fingerprint density at radius 1 is 1.35 bits per heavy atom. The predicted molar refractivity (Wildman–Crippen MR) is 79.3 cm³/mol. The van der Waals surface area contributed by atoms with Gasteiger partial charge in [0.05, 0.1) is 6.10 Å². The van der Waals surface area contributed by atoms with E-state index < -0.39 is 0 Å². The highest BCUT2D eigenvalue weighted by Crippen LogP contribution is 2.35. The van der Waals surface area contributed by atoms with Gasteiger partial charge in [-0.05, 0) is 36.7 Å². The van der Waals surface area contributed by atoms with Crippen LogP contribution < -0.4 is 4.57 Å². The zero-order valence-corrected chi connectivity index (χ0v) is 13.2. The van der Waals surface area contributed by atoms with Gasteiger partial charge in [-0.3, -0.25) is 0 Å². The largest absolute Gasteiger partial charge is 0.503 e. The van der Waals surface area contributed by atoms with Gasteiger partial charge in [0.2, 0.25) is 6.20 Å². The monoisotopic (exact) mass is 278 g/mol. The highest BCUT2D eigenvalue weighted by Gasteiger charge is 2.32. The Balaban J connectivity index is 2.01. The molecule has 0 spiro atoms. The molecule has 1 fully saturated rings. The first-order chi connectivity index (χ1) is 9.47. The first-order valence-electron chi connectivity index (χ1n) is 7.78. The summed E-state index contributed by atoms with van der Waals surface area (Å²) in [6.45, 7) is 9.47. The van der Waals surface area contributed by atoms with Crippen molar-refractivity contribution in [2.45, 2.75) is 59.8 Å². The molecule has 3 heteroatoms. The Labute approximate surface area is 122 Å². The molecule has 1 aromatic rings. The second-order valence-electron chi connectivity index (χ2n) is 6.66. The van der Waals surface area contributed by atoms with Crippen LogP contribution in [0, 0.1) is 24.7 Å². The molecular formula is C17H28NO2+. The molecule has 0 radical (unpaired) electrons. The number of pyridine rings is 1. The van der Waals surface area contributed by atoms with Crippen molar-refractivity contribution in [2.24, 2.45) is 17.8 Å². The van der Waals surface area contributed by atoms with E-state index in [4.69, 9.17) is 4.74 Å². The van der Waals surface area contributed by atoms with Crippen molar-refractivity contribution in [3.8, 4) is 5.75 Å².